The number of nitrogens with zero attached hydrogens (tertiary/aromatic N) is 1. The summed E-state index contributed by atoms with van der Waals surface area (Å²) in [5, 5.41) is 0. The fraction of sp³-hybridized carbons (Fsp3) is 0.909. The van der Waals surface area contributed by atoms with E-state index < -0.39 is 0 Å². The van der Waals surface area contributed by atoms with Gasteiger partial charge in [-0.2, -0.15) is 0 Å². The minimum atomic E-state index is 0.223. The Morgan fingerprint density at radius 1 is 1.54 bits per heavy atom. The van der Waals surface area contributed by atoms with Gasteiger partial charge in [-0.25, -0.2) is 0 Å². The fourth-order valence-corrected chi connectivity index (χ4v) is 2.21. The van der Waals surface area contributed by atoms with Crippen molar-refractivity contribution in [1.29, 1.82) is 0 Å². The number of rotatable bonds is 2. The molecule has 0 radical (unpaired) electrons. The molecule has 0 aromatic rings. The number of amides is 1. The summed E-state index contributed by atoms with van der Waals surface area (Å²) in [6, 6.07) is 0. The quantitative estimate of drug-likeness (QED) is 0.643. The highest BCUT2D eigenvalue weighted by Gasteiger charge is 2.40. The molecule has 0 aromatic heterocycles. The van der Waals surface area contributed by atoms with Crippen LogP contribution in [0, 0.1) is 11.3 Å². The first kappa shape index (κ1) is 10.6. The first-order valence-corrected chi connectivity index (χ1v) is 5.24. The molecule has 2 nitrogen and oxygen atoms in total. The summed E-state index contributed by atoms with van der Waals surface area (Å²) in [5.74, 6) is 0.599. The number of carbonyl (C=O) groups excluding carboxylic acids is 1. The van der Waals surface area contributed by atoms with Crippen molar-refractivity contribution in [2.75, 3.05) is 13.6 Å². The lowest BCUT2D eigenvalue weighted by molar-refractivity contribution is -0.136. The van der Waals surface area contributed by atoms with Gasteiger partial charge in [0.1, 0.15) is 0 Å². The van der Waals surface area contributed by atoms with Gasteiger partial charge in [0.2, 0.25) is 5.91 Å². The minimum Gasteiger partial charge on any atom is -0.346 e. The summed E-state index contributed by atoms with van der Waals surface area (Å²) in [6.07, 6.45) is 3.48. The van der Waals surface area contributed by atoms with Gasteiger partial charge in [-0.05, 0) is 25.2 Å². The van der Waals surface area contributed by atoms with E-state index in [0.717, 1.165) is 13.0 Å². The molecule has 0 spiro atoms. The summed E-state index contributed by atoms with van der Waals surface area (Å²) in [5.41, 5.74) is 0.223. The highest BCUT2D eigenvalue weighted by Crippen LogP contribution is 2.43. The molecule has 1 aliphatic carbocycles. The Balaban J connectivity index is 2.66. The van der Waals surface area contributed by atoms with Crippen LogP contribution in [-0.2, 0) is 4.79 Å². The number of hydrogen-bond donors (Lipinski definition) is 0. The molecule has 0 N–H and O–H groups in total. The molecule has 0 heterocycles. The van der Waals surface area contributed by atoms with Gasteiger partial charge in [-0.1, -0.05) is 20.3 Å². The van der Waals surface area contributed by atoms with Gasteiger partial charge in [0.15, 0.2) is 0 Å². The van der Waals surface area contributed by atoms with Crippen molar-refractivity contribution in [3.63, 3.8) is 0 Å². The predicted molar refractivity (Wildman–Crippen MR) is 54.4 cm³/mol. The number of carbonyl (C=O) groups is 1. The average Bonchev–Trinajstić information content (AvgIpc) is 2.42. The van der Waals surface area contributed by atoms with Crippen molar-refractivity contribution in [2.45, 2.75) is 40.0 Å². The molecular weight excluding hydrogens is 162 g/mol. The molecule has 0 aromatic carbocycles. The molecule has 1 amide bonds. The summed E-state index contributed by atoms with van der Waals surface area (Å²) in [6.45, 7) is 7.28. The fourth-order valence-electron chi connectivity index (χ4n) is 2.21. The van der Waals surface area contributed by atoms with E-state index in [4.69, 9.17) is 0 Å². The summed E-state index contributed by atoms with van der Waals surface area (Å²) < 4.78 is 0. The average molecular weight is 183 g/mol. The van der Waals surface area contributed by atoms with E-state index in [9.17, 15) is 4.79 Å². The van der Waals surface area contributed by atoms with E-state index >= 15 is 0 Å². The standard InChI is InChI=1S/C11H21NO/c1-5-12(4)10(13)9-7-6-8-11(9,2)3/h9H,5-8H2,1-4H3. The Kier molecular flexibility index (Phi) is 2.99. The second-order valence-corrected chi connectivity index (χ2v) is 4.79. The van der Waals surface area contributed by atoms with E-state index in [-0.39, 0.29) is 11.3 Å². The molecule has 1 aliphatic rings. The summed E-state index contributed by atoms with van der Waals surface area (Å²) in [4.78, 5) is 13.8. The first-order valence-electron chi connectivity index (χ1n) is 5.24. The predicted octanol–water partition coefficient (Wildman–Crippen LogP) is 2.29. The van der Waals surface area contributed by atoms with E-state index in [0.29, 0.717) is 5.91 Å². The zero-order valence-electron chi connectivity index (χ0n) is 9.26. The van der Waals surface area contributed by atoms with Crippen molar-refractivity contribution in [3.05, 3.63) is 0 Å². The highest BCUT2D eigenvalue weighted by atomic mass is 16.2. The lowest BCUT2D eigenvalue weighted by Crippen LogP contribution is -2.37. The van der Waals surface area contributed by atoms with Crippen molar-refractivity contribution in [2.24, 2.45) is 11.3 Å². The van der Waals surface area contributed by atoms with Crippen LogP contribution in [0.1, 0.15) is 40.0 Å². The molecule has 0 bridgehead atoms. The second-order valence-electron chi connectivity index (χ2n) is 4.79. The van der Waals surface area contributed by atoms with Crippen LogP contribution >= 0.6 is 0 Å². The third kappa shape index (κ3) is 2.04. The van der Waals surface area contributed by atoms with E-state index in [1.807, 2.05) is 18.9 Å². The minimum absolute atomic E-state index is 0.223. The molecular formula is C11H21NO. The first-order chi connectivity index (χ1) is 5.99. The summed E-state index contributed by atoms with van der Waals surface area (Å²) >= 11 is 0. The molecule has 13 heavy (non-hydrogen) atoms. The normalized spacial score (nSPS) is 26.0. The van der Waals surface area contributed by atoms with Crippen molar-refractivity contribution in [3.8, 4) is 0 Å². The van der Waals surface area contributed by atoms with Crippen molar-refractivity contribution < 1.29 is 4.79 Å². The topological polar surface area (TPSA) is 20.3 Å². The van der Waals surface area contributed by atoms with Crippen LogP contribution in [0.15, 0.2) is 0 Å². The maximum atomic E-state index is 11.9. The van der Waals surface area contributed by atoms with Crippen LogP contribution in [0.5, 0.6) is 0 Å². The smallest absolute Gasteiger partial charge is 0.225 e. The van der Waals surface area contributed by atoms with E-state index in [2.05, 4.69) is 13.8 Å². The van der Waals surface area contributed by atoms with Gasteiger partial charge in [-0.15, -0.1) is 0 Å². The Labute approximate surface area is 81.3 Å². The van der Waals surface area contributed by atoms with Crippen LogP contribution in [-0.4, -0.2) is 24.4 Å². The molecule has 1 saturated carbocycles. The molecule has 1 unspecified atom stereocenters. The highest BCUT2D eigenvalue weighted by molar-refractivity contribution is 5.79. The molecule has 1 fully saturated rings. The lowest BCUT2D eigenvalue weighted by atomic mass is 9.81. The molecule has 1 rings (SSSR count). The zero-order valence-corrected chi connectivity index (χ0v) is 9.26. The van der Waals surface area contributed by atoms with Gasteiger partial charge in [-0.3, -0.25) is 4.79 Å². The monoisotopic (exact) mass is 183 g/mol. The molecule has 76 valence electrons. The Hall–Kier alpha value is -0.530. The van der Waals surface area contributed by atoms with Gasteiger partial charge in [0, 0.05) is 19.5 Å². The van der Waals surface area contributed by atoms with Gasteiger partial charge < -0.3 is 4.90 Å². The van der Waals surface area contributed by atoms with Crippen LogP contribution in [0.4, 0.5) is 0 Å². The summed E-state index contributed by atoms with van der Waals surface area (Å²) in [7, 11) is 1.90. The molecule has 0 saturated heterocycles. The van der Waals surface area contributed by atoms with E-state index in [1.54, 1.807) is 0 Å². The van der Waals surface area contributed by atoms with Crippen LogP contribution in [0.2, 0.25) is 0 Å². The molecule has 0 aliphatic heterocycles. The third-order valence-corrected chi connectivity index (χ3v) is 3.41. The maximum absolute atomic E-state index is 11.9. The van der Waals surface area contributed by atoms with Crippen LogP contribution in [0.25, 0.3) is 0 Å². The lowest BCUT2D eigenvalue weighted by Gasteiger charge is -2.29. The maximum Gasteiger partial charge on any atom is 0.225 e. The zero-order chi connectivity index (χ0) is 10.1. The largest absolute Gasteiger partial charge is 0.346 e. The second kappa shape index (κ2) is 3.69. The van der Waals surface area contributed by atoms with Gasteiger partial charge in [0.05, 0.1) is 0 Å². The van der Waals surface area contributed by atoms with Crippen LogP contribution < -0.4 is 0 Å². The molecule has 2 heteroatoms. The Bertz CT molecular complexity index is 198. The van der Waals surface area contributed by atoms with Crippen LogP contribution in [0.3, 0.4) is 0 Å². The molecule has 1 atom stereocenters. The van der Waals surface area contributed by atoms with Gasteiger partial charge in [0.25, 0.3) is 0 Å². The Morgan fingerprint density at radius 3 is 2.54 bits per heavy atom. The van der Waals surface area contributed by atoms with E-state index in [1.165, 1.54) is 12.8 Å². The SMILES string of the molecule is CCN(C)C(=O)C1CCCC1(C)C. The van der Waals surface area contributed by atoms with Gasteiger partial charge >= 0.3 is 0 Å². The van der Waals surface area contributed by atoms with Crippen molar-refractivity contribution in [1.82, 2.24) is 4.90 Å². The van der Waals surface area contributed by atoms with Crippen molar-refractivity contribution >= 4 is 5.91 Å². The number of hydrogen-bond acceptors (Lipinski definition) is 1. The third-order valence-electron chi connectivity index (χ3n) is 3.41. The Morgan fingerprint density at radius 2 is 2.15 bits per heavy atom.